The van der Waals surface area contributed by atoms with Crippen molar-refractivity contribution in [1.82, 2.24) is 5.32 Å². The van der Waals surface area contributed by atoms with E-state index in [0.717, 1.165) is 5.56 Å². The Balaban J connectivity index is 1.80. The molecule has 0 bridgehead atoms. The number of hydrogen-bond acceptors (Lipinski definition) is 4. The Morgan fingerprint density at radius 2 is 1.78 bits per heavy atom. The zero-order chi connectivity index (χ0) is 19.5. The molecule has 6 heteroatoms. The molecule has 0 saturated carbocycles. The normalized spacial score (nSPS) is 12.0. The summed E-state index contributed by atoms with van der Waals surface area (Å²) in [5.74, 6) is -0.943. The van der Waals surface area contributed by atoms with E-state index in [1.165, 1.54) is 6.07 Å². The molecule has 3 N–H and O–H groups in total. The van der Waals surface area contributed by atoms with E-state index in [1.807, 2.05) is 30.3 Å². The average Bonchev–Trinajstić information content (AvgIpc) is 2.69. The number of hydrogen-bond donors (Lipinski definition) is 2. The summed E-state index contributed by atoms with van der Waals surface area (Å²) in [6.07, 6.45) is 0. The topological polar surface area (TPSA) is 73.6 Å². The van der Waals surface area contributed by atoms with Gasteiger partial charge in [0.1, 0.15) is 5.82 Å². The van der Waals surface area contributed by atoms with Crippen molar-refractivity contribution in [3.05, 3.63) is 59.9 Å². The first-order chi connectivity index (χ1) is 13.1. The van der Waals surface area contributed by atoms with Crippen molar-refractivity contribution < 1.29 is 18.7 Å². The van der Waals surface area contributed by atoms with E-state index in [0.29, 0.717) is 50.6 Å². The Labute approximate surface area is 159 Å². The largest absolute Gasteiger partial charge is 0.378 e. The molecule has 0 aliphatic rings. The maximum atomic E-state index is 14.5. The Morgan fingerprint density at radius 1 is 1.07 bits per heavy atom. The summed E-state index contributed by atoms with van der Waals surface area (Å²) in [5.41, 5.74) is 7.29. The fraction of sp³-hybridized carbons (Fsp3) is 0.381. The number of rotatable bonds is 11. The number of nitrogens with two attached hydrogens (primary N) is 1. The molecule has 5 nitrogen and oxygen atoms in total. The van der Waals surface area contributed by atoms with Crippen LogP contribution in [0.4, 0.5) is 4.39 Å². The molecule has 2 aromatic rings. The highest BCUT2D eigenvalue weighted by Crippen LogP contribution is 2.26. The smallest absolute Gasteiger partial charge is 0.227 e. The number of ether oxygens (including phenoxy) is 2. The molecule has 146 valence electrons. The van der Waals surface area contributed by atoms with E-state index in [1.54, 1.807) is 19.1 Å². The van der Waals surface area contributed by atoms with Gasteiger partial charge in [-0.1, -0.05) is 42.5 Å². The van der Waals surface area contributed by atoms with Crippen molar-refractivity contribution >= 4 is 5.91 Å². The second-order valence-electron chi connectivity index (χ2n) is 6.13. The molecule has 0 heterocycles. The van der Waals surface area contributed by atoms with Crippen LogP contribution in [0.5, 0.6) is 0 Å². The van der Waals surface area contributed by atoms with Crippen LogP contribution in [0, 0.1) is 5.82 Å². The monoisotopic (exact) mass is 374 g/mol. The zero-order valence-electron chi connectivity index (χ0n) is 15.6. The highest BCUT2D eigenvalue weighted by Gasteiger charge is 2.16. The third-order valence-electron chi connectivity index (χ3n) is 4.15. The van der Waals surface area contributed by atoms with E-state index in [2.05, 4.69) is 5.32 Å². The quantitative estimate of drug-likeness (QED) is 0.593. The van der Waals surface area contributed by atoms with Crippen molar-refractivity contribution in [1.29, 1.82) is 0 Å². The van der Waals surface area contributed by atoms with Gasteiger partial charge in [-0.25, -0.2) is 4.39 Å². The van der Waals surface area contributed by atoms with Gasteiger partial charge in [0.15, 0.2) is 0 Å². The van der Waals surface area contributed by atoms with E-state index in [-0.39, 0.29) is 11.7 Å². The van der Waals surface area contributed by atoms with Crippen LogP contribution in [0.15, 0.2) is 48.5 Å². The van der Waals surface area contributed by atoms with Gasteiger partial charge in [0.2, 0.25) is 5.91 Å². The molecule has 0 radical (unpaired) electrons. The SMILES string of the molecule is CC(C(=O)NCCOCCOCCN)c1ccc(-c2ccccc2)c(F)c1. The number of amides is 1. The molecule has 2 aromatic carbocycles. The zero-order valence-corrected chi connectivity index (χ0v) is 15.6. The van der Waals surface area contributed by atoms with Gasteiger partial charge in [-0.15, -0.1) is 0 Å². The molecule has 0 aliphatic heterocycles. The van der Waals surface area contributed by atoms with E-state index < -0.39 is 5.92 Å². The van der Waals surface area contributed by atoms with Crippen molar-refractivity contribution in [2.24, 2.45) is 5.73 Å². The van der Waals surface area contributed by atoms with Crippen molar-refractivity contribution in [3.63, 3.8) is 0 Å². The number of carbonyl (C=O) groups excluding carboxylic acids is 1. The average molecular weight is 374 g/mol. The van der Waals surface area contributed by atoms with Crippen LogP contribution >= 0.6 is 0 Å². The fourth-order valence-corrected chi connectivity index (χ4v) is 2.61. The third kappa shape index (κ3) is 6.75. The van der Waals surface area contributed by atoms with Crippen LogP contribution in [0.3, 0.4) is 0 Å². The number of benzene rings is 2. The summed E-state index contributed by atoms with van der Waals surface area (Å²) >= 11 is 0. The fourth-order valence-electron chi connectivity index (χ4n) is 2.61. The molecule has 0 aromatic heterocycles. The van der Waals surface area contributed by atoms with Crippen LogP contribution in [0.25, 0.3) is 11.1 Å². The Morgan fingerprint density at radius 3 is 2.44 bits per heavy atom. The maximum Gasteiger partial charge on any atom is 0.227 e. The molecule has 1 amide bonds. The summed E-state index contributed by atoms with van der Waals surface area (Å²) in [6.45, 7) is 4.48. The lowest BCUT2D eigenvalue weighted by atomic mass is 9.96. The standard InChI is InChI=1S/C21H27FN2O3/c1-16(21(25)24-10-12-27-14-13-26-11-9-23)18-7-8-19(20(22)15-18)17-5-3-2-4-6-17/h2-8,15-16H,9-14,23H2,1H3,(H,24,25). The lowest BCUT2D eigenvalue weighted by Crippen LogP contribution is -2.31. The van der Waals surface area contributed by atoms with Crippen LogP contribution < -0.4 is 11.1 Å². The highest BCUT2D eigenvalue weighted by atomic mass is 19.1. The van der Waals surface area contributed by atoms with E-state index in [4.69, 9.17) is 15.2 Å². The molecular weight excluding hydrogens is 347 g/mol. The van der Waals surface area contributed by atoms with Gasteiger partial charge in [0.05, 0.1) is 32.3 Å². The predicted molar refractivity (Wildman–Crippen MR) is 104 cm³/mol. The molecule has 0 spiro atoms. The summed E-state index contributed by atoms with van der Waals surface area (Å²) in [7, 11) is 0. The number of carbonyl (C=O) groups is 1. The minimum atomic E-state index is -0.447. The molecule has 0 saturated heterocycles. The first-order valence-corrected chi connectivity index (χ1v) is 9.11. The van der Waals surface area contributed by atoms with Gasteiger partial charge in [-0.2, -0.15) is 0 Å². The van der Waals surface area contributed by atoms with Crippen molar-refractivity contribution in [2.75, 3.05) is 39.5 Å². The third-order valence-corrected chi connectivity index (χ3v) is 4.15. The van der Waals surface area contributed by atoms with E-state index >= 15 is 0 Å². The second-order valence-corrected chi connectivity index (χ2v) is 6.13. The van der Waals surface area contributed by atoms with Gasteiger partial charge in [0.25, 0.3) is 0 Å². The van der Waals surface area contributed by atoms with Gasteiger partial charge in [0, 0.05) is 18.7 Å². The summed E-state index contributed by atoms with van der Waals surface area (Å²) in [4.78, 5) is 12.3. The van der Waals surface area contributed by atoms with Crippen LogP contribution in [0.1, 0.15) is 18.4 Å². The van der Waals surface area contributed by atoms with Crippen LogP contribution in [-0.2, 0) is 14.3 Å². The molecule has 2 rings (SSSR count). The molecule has 0 aliphatic carbocycles. The van der Waals surface area contributed by atoms with Gasteiger partial charge in [-0.05, 0) is 24.1 Å². The van der Waals surface area contributed by atoms with Crippen molar-refractivity contribution in [3.8, 4) is 11.1 Å². The van der Waals surface area contributed by atoms with Crippen LogP contribution in [0.2, 0.25) is 0 Å². The molecule has 27 heavy (non-hydrogen) atoms. The summed E-state index contributed by atoms with van der Waals surface area (Å²) < 4.78 is 25.0. The minimum absolute atomic E-state index is 0.162. The first kappa shape index (κ1) is 21.0. The second kappa shape index (κ2) is 11.4. The Bertz CT molecular complexity index is 710. The Hall–Kier alpha value is -2.28. The lowest BCUT2D eigenvalue weighted by Gasteiger charge is -2.14. The minimum Gasteiger partial charge on any atom is -0.378 e. The molecule has 0 fully saturated rings. The lowest BCUT2D eigenvalue weighted by molar-refractivity contribution is -0.122. The van der Waals surface area contributed by atoms with Gasteiger partial charge >= 0.3 is 0 Å². The first-order valence-electron chi connectivity index (χ1n) is 9.11. The molecule has 1 atom stereocenters. The summed E-state index contributed by atoms with van der Waals surface area (Å²) in [5, 5.41) is 2.80. The van der Waals surface area contributed by atoms with Gasteiger partial charge < -0.3 is 20.5 Å². The molecule has 1 unspecified atom stereocenters. The number of halogens is 1. The van der Waals surface area contributed by atoms with Gasteiger partial charge in [-0.3, -0.25) is 4.79 Å². The van der Waals surface area contributed by atoms with E-state index in [9.17, 15) is 9.18 Å². The number of nitrogens with one attached hydrogen (secondary N) is 1. The molecular formula is C21H27FN2O3. The highest BCUT2D eigenvalue weighted by molar-refractivity contribution is 5.83. The Kier molecular flexibility index (Phi) is 8.91. The maximum absolute atomic E-state index is 14.5. The van der Waals surface area contributed by atoms with Crippen molar-refractivity contribution in [2.45, 2.75) is 12.8 Å². The predicted octanol–water partition coefficient (Wildman–Crippen LogP) is 2.70. The van der Waals surface area contributed by atoms with Crippen LogP contribution in [-0.4, -0.2) is 45.4 Å². The summed E-state index contributed by atoms with van der Waals surface area (Å²) in [6, 6.07) is 14.3.